The number of benzene rings is 1. The van der Waals surface area contributed by atoms with Crippen LogP contribution in [0.15, 0.2) is 29.1 Å². The summed E-state index contributed by atoms with van der Waals surface area (Å²) >= 11 is 0. The maximum Gasteiger partial charge on any atom is 0.306 e. The van der Waals surface area contributed by atoms with E-state index in [1.54, 1.807) is 6.92 Å². The zero-order chi connectivity index (χ0) is 26.2. The van der Waals surface area contributed by atoms with Crippen molar-refractivity contribution in [2.45, 2.75) is 115 Å². The summed E-state index contributed by atoms with van der Waals surface area (Å²) in [6, 6.07) is 9.73. The summed E-state index contributed by atoms with van der Waals surface area (Å²) in [5, 5.41) is 8.64. The molecule has 2 aliphatic heterocycles. The Labute approximate surface area is 225 Å². The van der Waals surface area contributed by atoms with Crippen molar-refractivity contribution in [1.82, 2.24) is 14.5 Å². The third-order valence-corrected chi connectivity index (χ3v) is 9.86. The van der Waals surface area contributed by atoms with Crippen LogP contribution in [0.1, 0.15) is 102 Å². The molecule has 204 valence electrons. The molecule has 4 aliphatic rings. The molecule has 2 aromatic rings. The van der Waals surface area contributed by atoms with Gasteiger partial charge in [0.05, 0.1) is 29.8 Å². The van der Waals surface area contributed by atoms with E-state index in [9.17, 15) is 9.59 Å². The molecule has 4 atom stereocenters. The smallest absolute Gasteiger partial charge is 0.306 e. The molecule has 0 radical (unpaired) electrons. The molecule has 38 heavy (non-hydrogen) atoms. The number of carbonyl (C=O) groups excluding carboxylic acids is 1. The fourth-order valence-electron chi connectivity index (χ4n) is 8.43. The van der Waals surface area contributed by atoms with Crippen molar-refractivity contribution in [2.75, 3.05) is 6.61 Å². The number of ether oxygens (including phenoxy) is 1. The van der Waals surface area contributed by atoms with Gasteiger partial charge in [0.1, 0.15) is 5.69 Å². The second-order valence-corrected chi connectivity index (χ2v) is 12.2. The number of piperidine rings is 2. The van der Waals surface area contributed by atoms with Crippen LogP contribution in [0.4, 0.5) is 0 Å². The largest absolute Gasteiger partial charge is 0.466 e. The normalized spacial score (nSPS) is 31.2. The van der Waals surface area contributed by atoms with E-state index in [4.69, 9.17) is 10.1 Å². The Balaban J connectivity index is 1.29. The first kappa shape index (κ1) is 25.7. The van der Waals surface area contributed by atoms with Crippen LogP contribution in [0.2, 0.25) is 0 Å². The summed E-state index contributed by atoms with van der Waals surface area (Å²) in [6.07, 6.45) is 14.4. The fourth-order valence-corrected chi connectivity index (χ4v) is 8.43. The minimum Gasteiger partial charge on any atom is -0.466 e. The maximum atomic E-state index is 14.0. The number of hydrogen-bond donors (Lipinski definition) is 1. The van der Waals surface area contributed by atoms with E-state index >= 15 is 0 Å². The molecule has 1 aromatic carbocycles. The van der Waals surface area contributed by atoms with Crippen molar-refractivity contribution >= 4 is 22.7 Å². The molecule has 3 heterocycles. The van der Waals surface area contributed by atoms with Crippen molar-refractivity contribution in [1.29, 1.82) is 5.41 Å². The van der Waals surface area contributed by atoms with Crippen molar-refractivity contribution in [3.05, 3.63) is 40.3 Å². The van der Waals surface area contributed by atoms with Gasteiger partial charge in [0, 0.05) is 30.6 Å². The number of nitrogens with one attached hydrogen (secondary N) is 1. The minimum atomic E-state index is -0.342. The van der Waals surface area contributed by atoms with Crippen LogP contribution >= 0.6 is 0 Å². The van der Waals surface area contributed by atoms with Gasteiger partial charge in [-0.05, 0) is 75.8 Å². The van der Waals surface area contributed by atoms with Crippen molar-refractivity contribution in [2.24, 2.45) is 11.8 Å². The van der Waals surface area contributed by atoms with Crippen LogP contribution in [-0.4, -0.2) is 50.9 Å². The lowest BCUT2D eigenvalue weighted by Gasteiger charge is -2.55. The van der Waals surface area contributed by atoms with Crippen LogP contribution in [-0.2, 0) is 9.53 Å². The Bertz CT molecular complexity index is 1230. The number of hydrogen-bond acceptors (Lipinski definition) is 6. The van der Waals surface area contributed by atoms with Gasteiger partial charge in [0.2, 0.25) is 0 Å². The maximum absolute atomic E-state index is 14.0. The van der Waals surface area contributed by atoms with Crippen LogP contribution in [0.25, 0.3) is 11.0 Å². The number of para-hydroxylation sites is 2. The van der Waals surface area contributed by atoms with E-state index in [0.717, 1.165) is 35.7 Å². The zero-order valence-electron chi connectivity index (χ0n) is 22.7. The van der Waals surface area contributed by atoms with E-state index in [1.165, 1.54) is 57.8 Å². The molecule has 7 nitrogen and oxygen atoms in total. The molecule has 2 saturated heterocycles. The standard InChI is InChI=1S/C31H42N4O3/c1-2-38-29(36)14-13-26(32)30-31(37)35(28-12-4-3-11-27(28)33-30)25-18-22-9-6-10-23(19-25)34(22)24-16-20-7-5-8-21(15-20)17-24/h3-4,11-12,20-25,32H,2,5-10,13-19H2,1H3. The van der Waals surface area contributed by atoms with Gasteiger partial charge in [-0.3, -0.25) is 14.5 Å². The fraction of sp³-hybridized carbons (Fsp3) is 0.677. The molecule has 6 rings (SSSR count). The topological polar surface area (TPSA) is 88.3 Å². The highest BCUT2D eigenvalue weighted by Crippen LogP contribution is 2.47. The van der Waals surface area contributed by atoms with Crippen molar-refractivity contribution < 1.29 is 9.53 Å². The van der Waals surface area contributed by atoms with Gasteiger partial charge in [-0.1, -0.05) is 37.8 Å². The van der Waals surface area contributed by atoms with Crippen LogP contribution < -0.4 is 5.56 Å². The second kappa shape index (κ2) is 10.9. The number of fused-ring (bicyclic) bond motifs is 5. The summed E-state index contributed by atoms with van der Waals surface area (Å²) < 4.78 is 7.00. The number of carbonyl (C=O) groups is 1. The highest BCUT2D eigenvalue weighted by molar-refractivity contribution is 5.98. The van der Waals surface area contributed by atoms with Crippen molar-refractivity contribution in [3.8, 4) is 0 Å². The SMILES string of the molecule is CCOC(=O)CCC(=N)c1nc2ccccc2n(C2CC3CCCC(C2)N3C2CC3CCCC(C3)C2)c1=O. The third kappa shape index (κ3) is 4.94. The van der Waals surface area contributed by atoms with E-state index in [1.807, 2.05) is 28.8 Å². The quantitative estimate of drug-likeness (QED) is 0.379. The number of aromatic nitrogens is 2. The number of esters is 1. The average Bonchev–Trinajstić information content (AvgIpc) is 2.90. The van der Waals surface area contributed by atoms with E-state index in [0.29, 0.717) is 24.7 Å². The van der Waals surface area contributed by atoms with E-state index in [2.05, 4.69) is 9.88 Å². The highest BCUT2D eigenvalue weighted by atomic mass is 16.5. The first-order valence-corrected chi connectivity index (χ1v) is 15.0. The minimum absolute atomic E-state index is 0.0898. The lowest BCUT2D eigenvalue weighted by atomic mass is 9.68. The lowest BCUT2D eigenvalue weighted by Crippen LogP contribution is -2.58. The molecule has 2 saturated carbocycles. The molecule has 1 aromatic heterocycles. The summed E-state index contributed by atoms with van der Waals surface area (Å²) in [5.41, 5.74) is 1.73. The molecule has 0 spiro atoms. The first-order valence-electron chi connectivity index (χ1n) is 15.0. The van der Waals surface area contributed by atoms with Gasteiger partial charge in [-0.25, -0.2) is 4.98 Å². The van der Waals surface area contributed by atoms with Gasteiger partial charge in [0.25, 0.3) is 5.56 Å². The van der Waals surface area contributed by atoms with Gasteiger partial charge in [0.15, 0.2) is 0 Å². The van der Waals surface area contributed by atoms with Gasteiger partial charge >= 0.3 is 5.97 Å². The van der Waals surface area contributed by atoms with Crippen LogP contribution in [0.3, 0.4) is 0 Å². The summed E-state index contributed by atoms with van der Waals surface area (Å²) in [6.45, 7) is 2.09. The number of rotatable bonds is 7. The summed E-state index contributed by atoms with van der Waals surface area (Å²) in [4.78, 5) is 33.4. The van der Waals surface area contributed by atoms with Gasteiger partial charge < -0.3 is 14.7 Å². The van der Waals surface area contributed by atoms with Gasteiger partial charge in [-0.15, -0.1) is 0 Å². The molecular formula is C31H42N4O3. The van der Waals surface area contributed by atoms with Gasteiger partial charge in [-0.2, -0.15) is 0 Å². The molecule has 1 N–H and O–H groups in total. The van der Waals surface area contributed by atoms with E-state index in [-0.39, 0.29) is 41.8 Å². The Morgan fingerprint density at radius 3 is 2.32 bits per heavy atom. The summed E-state index contributed by atoms with van der Waals surface area (Å²) in [5.74, 6) is 1.49. The Morgan fingerprint density at radius 1 is 0.921 bits per heavy atom. The molecule has 2 aliphatic carbocycles. The van der Waals surface area contributed by atoms with Crippen molar-refractivity contribution in [3.63, 3.8) is 0 Å². The van der Waals surface area contributed by atoms with E-state index < -0.39 is 0 Å². The van der Waals surface area contributed by atoms with Crippen LogP contribution in [0, 0.1) is 17.2 Å². The lowest BCUT2D eigenvalue weighted by molar-refractivity contribution is -0.142. The summed E-state index contributed by atoms with van der Waals surface area (Å²) in [7, 11) is 0. The average molecular weight is 519 g/mol. The molecule has 4 unspecified atom stereocenters. The third-order valence-electron chi connectivity index (χ3n) is 9.86. The predicted octanol–water partition coefficient (Wildman–Crippen LogP) is 5.63. The monoisotopic (exact) mass is 518 g/mol. The Morgan fingerprint density at radius 2 is 1.61 bits per heavy atom. The number of nitrogens with zero attached hydrogens (tertiary/aromatic N) is 3. The molecule has 7 heteroatoms. The zero-order valence-corrected chi connectivity index (χ0v) is 22.7. The molecule has 4 fully saturated rings. The highest BCUT2D eigenvalue weighted by Gasteiger charge is 2.45. The Kier molecular flexibility index (Phi) is 7.39. The van der Waals surface area contributed by atoms with Crippen LogP contribution in [0.5, 0.6) is 0 Å². The molecule has 4 bridgehead atoms. The second-order valence-electron chi connectivity index (χ2n) is 12.2. The molecule has 0 amide bonds. The first-order chi connectivity index (χ1) is 18.5. The molecular weight excluding hydrogens is 476 g/mol. The predicted molar refractivity (Wildman–Crippen MR) is 149 cm³/mol. The Hall–Kier alpha value is -2.54.